The number of hydrogen-bond acceptors (Lipinski definition) is 2. The lowest BCUT2D eigenvalue weighted by atomic mass is 10.6. The van der Waals surface area contributed by atoms with Crippen molar-refractivity contribution in [1.29, 1.82) is 0 Å². The first-order valence-electron chi connectivity index (χ1n) is 7.11. The average Bonchev–Trinajstić information content (AvgIpc) is 2.19. The van der Waals surface area contributed by atoms with Gasteiger partial charge in [-0.05, 0) is 24.3 Å². The largest absolute Gasteiger partial charge is 0.173 e. The summed E-state index contributed by atoms with van der Waals surface area (Å²) in [5.41, 5.74) is 0. The standard InChI is InChI=1S/C12H32S2Si3/c1-15(2)11-7-9-13-17(5,6)14-10-8-12-16(3)4/h15-16H,7-12H2,1-6H3. The van der Waals surface area contributed by atoms with Gasteiger partial charge in [0, 0.05) is 17.6 Å². The summed E-state index contributed by atoms with van der Waals surface area (Å²) >= 11 is 4.63. The molecule has 0 atom stereocenters. The summed E-state index contributed by atoms with van der Waals surface area (Å²) in [6.07, 6.45) is 1.97. The molecule has 0 heterocycles. The van der Waals surface area contributed by atoms with Crippen LogP contribution in [0, 0.1) is 0 Å². The molecular formula is C12H32S2Si3. The van der Waals surface area contributed by atoms with E-state index < -0.39 is 6.37 Å². The molecule has 0 saturated carbocycles. The molecule has 0 bridgehead atoms. The van der Waals surface area contributed by atoms with Crippen LogP contribution in [0.4, 0.5) is 0 Å². The summed E-state index contributed by atoms with van der Waals surface area (Å²) in [6.45, 7) is 15.0. The van der Waals surface area contributed by atoms with Crippen molar-refractivity contribution in [3.63, 3.8) is 0 Å². The molecule has 0 aliphatic rings. The summed E-state index contributed by atoms with van der Waals surface area (Å²) in [7, 11) is -0.590. The lowest BCUT2D eigenvalue weighted by Crippen LogP contribution is -2.18. The van der Waals surface area contributed by atoms with E-state index in [1.54, 1.807) is 12.1 Å². The Hall–Kier alpha value is 1.35. The Morgan fingerprint density at radius 3 is 1.41 bits per heavy atom. The minimum Gasteiger partial charge on any atom is -0.173 e. The number of rotatable bonds is 10. The second-order valence-corrected chi connectivity index (χ2v) is 25.7. The van der Waals surface area contributed by atoms with Gasteiger partial charge in [-0.3, -0.25) is 0 Å². The van der Waals surface area contributed by atoms with E-state index in [0.717, 1.165) is 0 Å². The normalized spacial score (nSPS) is 12.7. The minimum absolute atomic E-state index is 0.295. The zero-order valence-corrected chi connectivity index (χ0v) is 17.7. The number of hydrogen-bond donors (Lipinski definition) is 0. The molecule has 0 fully saturated rings. The van der Waals surface area contributed by atoms with Crippen LogP contribution in [-0.4, -0.2) is 35.5 Å². The molecule has 0 unspecified atom stereocenters. The fourth-order valence-corrected chi connectivity index (χ4v) is 12.3. The molecule has 0 nitrogen and oxygen atoms in total. The van der Waals surface area contributed by atoms with Crippen molar-refractivity contribution >= 4 is 46.4 Å². The van der Waals surface area contributed by atoms with E-state index in [2.05, 4.69) is 61.7 Å². The maximum atomic E-state index is 2.54. The summed E-state index contributed by atoms with van der Waals surface area (Å²) in [5.74, 6) is 2.85. The quantitative estimate of drug-likeness (QED) is 0.414. The molecule has 0 N–H and O–H groups in total. The van der Waals surface area contributed by atoms with Crippen LogP contribution in [-0.2, 0) is 0 Å². The second kappa shape index (κ2) is 10.2. The van der Waals surface area contributed by atoms with E-state index in [-0.39, 0.29) is 17.6 Å². The molecule has 17 heavy (non-hydrogen) atoms. The summed E-state index contributed by atoms with van der Waals surface area (Å²) < 4.78 is 0. The van der Waals surface area contributed by atoms with Crippen LogP contribution >= 0.6 is 22.4 Å². The SMILES string of the molecule is C[SiH](C)CCCS[Si](C)(C)SCCC[SiH](C)C. The van der Waals surface area contributed by atoms with Crippen LogP contribution in [0.25, 0.3) is 0 Å². The lowest BCUT2D eigenvalue weighted by molar-refractivity contribution is 1.08. The van der Waals surface area contributed by atoms with Crippen molar-refractivity contribution in [3.05, 3.63) is 0 Å². The molecule has 0 aromatic carbocycles. The van der Waals surface area contributed by atoms with Crippen LogP contribution in [0.15, 0.2) is 0 Å². The van der Waals surface area contributed by atoms with Crippen LogP contribution in [0.1, 0.15) is 12.8 Å². The Labute approximate surface area is 122 Å². The zero-order valence-electron chi connectivity index (χ0n) is 12.7. The van der Waals surface area contributed by atoms with Crippen molar-refractivity contribution in [2.45, 2.75) is 64.2 Å². The van der Waals surface area contributed by atoms with Gasteiger partial charge in [-0.25, -0.2) is 0 Å². The van der Waals surface area contributed by atoms with E-state index in [4.69, 9.17) is 0 Å². The van der Waals surface area contributed by atoms with E-state index in [0.29, 0.717) is 0 Å². The molecule has 5 heteroatoms. The van der Waals surface area contributed by atoms with Crippen molar-refractivity contribution < 1.29 is 0 Å². The van der Waals surface area contributed by atoms with Crippen molar-refractivity contribution in [3.8, 4) is 0 Å². The smallest absolute Gasteiger partial charge is 0.170 e. The van der Waals surface area contributed by atoms with Gasteiger partial charge in [-0.2, -0.15) is 22.4 Å². The lowest BCUT2D eigenvalue weighted by Gasteiger charge is -2.21. The fourth-order valence-electron chi connectivity index (χ4n) is 1.66. The summed E-state index contributed by atoms with van der Waals surface area (Å²) in [4.78, 5) is 0. The Bertz CT molecular complexity index is 167. The molecule has 0 aromatic heterocycles. The highest BCUT2D eigenvalue weighted by Gasteiger charge is 2.21. The van der Waals surface area contributed by atoms with Gasteiger partial charge in [0.25, 0.3) is 0 Å². The van der Waals surface area contributed by atoms with Gasteiger partial charge < -0.3 is 0 Å². The maximum absolute atomic E-state index is 2.54. The first-order valence-corrected chi connectivity index (χ1v) is 19.8. The topological polar surface area (TPSA) is 0 Å². The van der Waals surface area contributed by atoms with E-state index in [1.807, 2.05) is 0 Å². The molecule has 0 saturated heterocycles. The predicted octanol–water partition coefficient (Wildman–Crippen LogP) is 4.91. The van der Waals surface area contributed by atoms with E-state index >= 15 is 0 Å². The first kappa shape index (κ1) is 18.4. The maximum Gasteiger partial charge on any atom is 0.170 e. The van der Waals surface area contributed by atoms with Gasteiger partial charge in [0.15, 0.2) is 6.37 Å². The first-order chi connectivity index (χ1) is 7.83. The third kappa shape index (κ3) is 13.6. The van der Waals surface area contributed by atoms with Gasteiger partial charge in [0.1, 0.15) is 0 Å². The van der Waals surface area contributed by atoms with Crippen molar-refractivity contribution in [2.24, 2.45) is 0 Å². The molecule has 0 aliphatic heterocycles. The molecule has 0 aromatic rings. The molecule has 0 rings (SSSR count). The highest BCUT2D eigenvalue weighted by Crippen LogP contribution is 2.33. The Balaban J connectivity index is 3.51. The fraction of sp³-hybridized carbons (Fsp3) is 1.00. The third-order valence-corrected chi connectivity index (χ3v) is 15.8. The van der Waals surface area contributed by atoms with Gasteiger partial charge in [0.05, 0.1) is 0 Å². The molecule has 0 radical (unpaired) electrons. The third-order valence-electron chi connectivity index (χ3n) is 2.75. The highest BCUT2D eigenvalue weighted by molar-refractivity contribution is 8.58. The van der Waals surface area contributed by atoms with E-state index in [1.165, 1.54) is 24.3 Å². The van der Waals surface area contributed by atoms with Crippen LogP contribution in [0.5, 0.6) is 0 Å². The monoisotopic (exact) mass is 324 g/mol. The van der Waals surface area contributed by atoms with Gasteiger partial charge in [0.2, 0.25) is 0 Å². The highest BCUT2D eigenvalue weighted by atomic mass is 32.6. The van der Waals surface area contributed by atoms with Crippen LogP contribution < -0.4 is 0 Å². The van der Waals surface area contributed by atoms with Crippen LogP contribution in [0.3, 0.4) is 0 Å². The van der Waals surface area contributed by atoms with E-state index in [9.17, 15) is 0 Å². The van der Waals surface area contributed by atoms with Crippen molar-refractivity contribution in [2.75, 3.05) is 11.5 Å². The predicted molar refractivity (Wildman–Crippen MR) is 99.0 cm³/mol. The molecule has 0 aliphatic carbocycles. The molecule has 104 valence electrons. The molecule has 0 amide bonds. The molecule has 0 spiro atoms. The summed E-state index contributed by atoms with van der Waals surface area (Å²) in [6, 6.07) is 3.09. The Morgan fingerprint density at radius 2 is 1.12 bits per heavy atom. The van der Waals surface area contributed by atoms with Crippen molar-refractivity contribution in [1.82, 2.24) is 0 Å². The Kier molecular flexibility index (Phi) is 11.0. The van der Waals surface area contributed by atoms with Gasteiger partial charge >= 0.3 is 0 Å². The minimum atomic E-state index is -0.983. The average molecular weight is 325 g/mol. The second-order valence-electron chi connectivity index (χ2n) is 6.17. The zero-order chi connectivity index (χ0) is 13.3. The van der Waals surface area contributed by atoms with Crippen LogP contribution in [0.2, 0.25) is 51.4 Å². The molecular weight excluding hydrogens is 293 g/mol. The summed E-state index contributed by atoms with van der Waals surface area (Å²) in [5, 5.41) is 0. The van der Waals surface area contributed by atoms with Gasteiger partial charge in [-0.15, -0.1) is 0 Å². The van der Waals surface area contributed by atoms with Gasteiger partial charge in [-0.1, -0.05) is 51.4 Å². The Morgan fingerprint density at radius 1 is 0.765 bits per heavy atom.